The van der Waals surface area contributed by atoms with Crippen molar-refractivity contribution >= 4 is 33.8 Å². The van der Waals surface area contributed by atoms with Crippen LogP contribution in [0.4, 0.5) is 4.79 Å². The Morgan fingerprint density at radius 2 is 2.23 bits per heavy atom. The van der Waals surface area contributed by atoms with Crippen LogP contribution in [-0.2, 0) is 9.59 Å². The minimum absolute atomic E-state index is 0.0253. The van der Waals surface area contributed by atoms with Crippen molar-refractivity contribution in [2.45, 2.75) is 12.5 Å². The molecule has 0 bridgehead atoms. The van der Waals surface area contributed by atoms with Gasteiger partial charge in [-0.2, -0.15) is 0 Å². The summed E-state index contributed by atoms with van der Waals surface area (Å²) in [5.41, 5.74) is 0.694. The van der Waals surface area contributed by atoms with E-state index in [1.165, 1.54) is 4.90 Å². The predicted molar refractivity (Wildman–Crippen MR) is 82.3 cm³/mol. The Kier molecular flexibility index (Phi) is 5.37. The zero-order chi connectivity index (χ0) is 16.1. The molecule has 2 rings (SSSR count). The fraction of sp³-hybridized carbons (Fsp3) is 0.357. The Balaban J connectivity index is 2.14. The van der Waals surface area contributed by atoms with Crippen molar-refractivity contribution < 1.29 is 19.5 Å². The maximum absolute atomic E-state index is 12.2. The first-order chi connectivity index (χ1) is 10.5. The highest BCUT2D eigenvalue weighted by Crippen LogP contribution is 2.25. The lowest BCUT2D eigenvalue weighted by molar-refractivity contribution is -0.137. The van der Waals surface area contributed by atoms with Crippen molar-refractivity contribution in [2.24, 2.45) is 0 Å². The third-order valence-electron chi connectivity index (χ3n) is 3.25. The smallest absolute Gasteiger partial charge is 0.318 e. The molecule has 1 aromatic rings. The number of carbonyl (C=O) groups is 3. The van der Waals surface area contributed by atoms with Crippen molar-refractivity contribution in [3.8, 4) is 0 Å². The lowest BCUT2D eigenvalue weighted by Crippen LogP contribution is -2.55. The summed E-state index contributed by atoms with van der Waals surface area (Å²) in [5, 5.41) is 13.9. The van der Waals surface area contributed by atoms with Crippen molar-refractivity contribution in [1.82, 2.24) is 15.5 Å². The van der Waals surface area contributed by atoms with Crippen LogP contribution in [0.2, 0.25) is 0 Å². The molecular formula is C14H16BrN3O4. The van der Waals surface area contributed by atoms with Gasteiger partial charge in [-0.3, -0.25) is 9.59 Å². The standard InChI is InChI=1S/C14H16BrN3O4/c15-10-3-1-2-9(8-10)12-13(21)16-6-7-18(12)14(22)17-5-4-11(19)20/h1-3,8,12H,4-7H2,(H,16,21)(H,17,22)(H,19,20). The molecule has 7 nitrogen and oxygen atoms in total. The number of hydrogen-bond acceptors (Lipinski definition) is 3. The summed E-state index contributed by atoms with van der Waals surface area (Å²) in [6.07, 6.45) is -0.159. The number of benzene rings is 1. The highest BCUT2D eigenvalue weighted by atomic mass is 79.9. The topological polar surface area (TPSA) is 98.7 Å². The number of carbonyl (C=O) groups excluding carboxylic acids is 2. The summed E-state index contributed by atoms with van der Waals surface area (Å²) in [6, 6.07) is 6.02. The number of nitrogens with one attached hydrogen (secondary N) is 2. The Hall–Kier alpha value is -2.09. The van der Waals surface area contributed by atoms with Gasteiger partial charge in [0, 0.05) is 24.1 Å². The number of amides is 3. The number of nitrogens with zero attached hydrogens (tertiary/aromatic N) is 1. The van der Waals surface area contributed by atoms with E-state index in [2.05, 4.69) is 26.6 Å². The fourth-order valence-corrected chi connectivity index (χ4v) is 2.69. The van der Waals surface area contributed by atoms with Crippen LogP contribution in [0.3, 0.4) is 0 Å². The van der Waals surface area contributed by atoms with E-state index in [9.17, 15) is 14.4 Å². The average Bonchev–Trinajstić information content (AvgIpc) is 2.46. The predicted octanol–water partition coefficient (Wildman–Crippen LogP) is 1.11. The molecule has 0 spiro atoms. The van der Waals surface area contributed by atoms with Gasteiger partial charge in [-0.1, -0.05) is 28.1 Å². The maximum atomic E-state index is 12.2. The van der Waals surface area contributed by atoms with Crippen molar-refractivity contribution in [1.29, 1.82) is 0 Å². The quantitative estimate of drug-likeness (QED) is 0.739. The minimum atomic E-state index is -0.986. The van der Waals surface area contributed by atoms with Gasteiger partial charge in [0.2, 0.25) is 5.91 Å². The van der Waals surface area contributed by atoms with E-state index in [0.29, 0.717) is 18.7 Å². The zero-order valence-electron chi connectivity index (χ0n) is 11.7. The van der Waals surface area contributed by atoms with Gasteiger partial charge in [-0.05, 0) is 17.7 Å². The van der Waals surface area contributed by atoms with Crippen molar-refractivity contribution in [3.63, 3.8) is 0 Å². The molecule has 1 heterocycles. The summed E-state index contributed by atoms with van der Waals surface area (Å²) in [4.78, 5) is 36.3. The second kappa shape index (κ2) is 7.26. The molecule has 1 aromatic carbocycles. The summed E-state index contributed by atoms with van der Waals surface area (Å²) >= 11 is 3.35. The van der Waals surface area contributed by atoms with Crippen molar-refractivity contribution in [2.75, 3.05) is 19.6 Å². The molecule has 0 aliphatic carbocycles. The van der Waals surface area contributed by atoms with Crippen LogP contribution in [0.1, 0.15) is 18.0 Å². The van der Waals surface area contributed by atoms with Gasteiger partial charge in [-0.15, -0.1) is 0 Å². The Labute approximate surface area is 135 Å². The molecule has 0 aromatic heterocycles. The molecular weight excluding hydrogens is 354 g/mol. The number of aliphatic carboxylic acids is 1. The molecule has 3 amide bonds. The molecule has 1 fully saturated rings. The monoisotopic (exact) mass is 369 g/mol. The Morgan fingerprint density at radius 3 is 2.91 bits per heavy atom. The summed E-state index contributed by atoms with van der Waals surface area (Å²) in [5.74, 6) is -1.24. The number of hydrogen-bond donors (Lipinski definition) is 3. The number of piperazine rings is 1. The summed E-state index contributed by atoms with van der Waals surface area (Å²) < 4.78 is 0.814. The van der Waals surface area contributed by atoms with Crippen LogP contribution in [0.25, 0.3) is 0 Å². The average molecular weight is 370 g/mol. The van der Waals surface area contributed by atoms with Gasteiger partial charge >= 0.3 is 12.0 Å². The van der Waals surface area contributed by atoms with Crippen LogP contribution >= 0.6 is 15.9 Å². The van der Waals surface area contributed by atoms with Gasteiger partial charge in [0.25, 0.3) is 0 Å². The lowest BCUT2D eigenvalue weighted by atomic mass is 10.0. The Morgan fingerprint density at radius 1 is 1.45 bits per heavy atom. The van der Waals surface area contributed by atoms with E-state index < -0.39 is 18.0 Å². The molecule has 1 saturated heterocycles. The Bertz CT molecular complexity index is 593. The molecule has 3 N–H and O–H groups in total. The third-order valence-corrected chi connectivity index (χ3v) is 3.75. The minimum Gasteiger partial charge on any atom is -0.481 e. The molecule has 118 valence electrons. The second-order valence-corrected chi connectivity index (χ2v) is 5.73. The first-order valence-electron chi connectivity index (χ1n) is 6.78. The normalized spacial score (nSPS) is 17.8. The van der Waals surface area contributed by atoms with E-state index in [1.54, 1.807) is 18.2 Å². The van der Waals surface area contributed by atoms with Gasteiger partial charge in [0.05, 0.1) is 6.42 Å². The van der Waals surface area contributed by atoms with E-state index in [-0.39, 0.29) is 18.9 Å². The molecule has 0 radical (unpaired) electrons. The zero-order valence-corrected chi connectivity index (χ0v) is 13.3. The van der Waals surface area contributed by atoms with Crippen molar-refractivity contribution in [3.05, 3.63) is 34.3 Å². The first kappa shape index (κ1) is 16.3. The van der Waals surface area contributed by atoms with Crippen LogP contribution in [0, 0.1) is 0 Å². The first-order valence-corrected chi connectivity index (χ1v) is 7.58. The largest absolute Gasteiger partial charge is 0.481 e. The summed E-state index contributed by atoms with van der Waals surface area (Å²) in [7, 11) is 0. The van der Waals surface area contributed by atoms with Gasteiger partial charge in [-0.25, -0.2) is 4.79 Å². The van der Waals surface area contributed by atoms with Crippen LogP contribution in [-0.4, -0.2) is 47.5 Å². The lowest BCUT2D eigenvalue weighted by Gasteiger charge is -2.35. The number of carboxylic acids is 1. The molecule has 8 heteroatoms. The van der Waals surface area contributed by atoms with E-state index in [1.807, 2.05) is 6.07 Å². The number of halogens is 1. The van der Waals surface area contributed by atoms with E-state index in [4.69, 9.17) is 5.11 Å². The molecule has 1 aliphatic heterocycles. The number of carboxylic acid groups (broad SMARTS) is 1. The molecule has 1 unspecified atom stereocenters. The molecule has 1 aliphatic rings. The highest BCUT2D eigenvalue weighted by molar-refractivity contribution is 9.10. The molecule has 22 heavy (non-hydrogen) atoms. The SMILES string of the molecule is O=C(O)CCNC(=O)N1CCNC(=O)C1c1cccc(Br)c1. The molecule has 0 saturated carbocycles. The van der Waals surface area contributed by atoms with Crippen LogP contribution < -0.4 is 10.6 Å². The van der Waals surface area contributed by atoms with Crippen LogP contribution in [0.5, 0.6) is 0 Å². The molecule has 1 atom stereocenters. The van der Waals surface area contributed by atoms with Gasteiger partial charge in [0.15, 0.2) is 0 Å². The number of urea groups is 1. The maximum Gasteiger partial charge on any atom is 0.318 e. The third kappa shape index (κ3) is 3.97. The number of rotatable bonds is 4. The van der Waals surface area contributed by atoms with Gasteiger partial charge in [0.1, 0.15) is 6.04 Å². The fourth-order valence-electron chi connectivity index (χ4n) is 2.27. The van der Waals surface area contributed by atoms with E-state index in [0.717, 1.165) is 4.47 Å². The van der Waals surface area contributed by atoms with Gasteiger partial charge < -0.3 is 20.6 Å². The van der Waals surface area contributed by atoms with E-state index >= 15 is 0 Å². The van der Waals surface area contributed by atoms with Crippen LogP contribution in [0.15, 0.2) is 28.7 Å². The summed E-state index contributed by atoms with van der Waals surface area (Å²) in [6.45, 7) is 0.759. The highest BCUT2D eigenvalue weighted by Gasteiger charge is 2.34. The second-order valence-electron chi connectivity index (χ2n) is 4.82.